The third-order valence-corrected chi connectivity index (χ3v) is 3.99. The van der Waals surface area contributed by atoms with E-state index in [1.165, 1.54) is 0 Å². The molecule has 3 rings (SSSR count). The van der Waals surface area contributed by atoms with Crippen molar-refractivity contribution in [3.8, 4) is 11.5 Å². The summed E-state index contributed by atoms with van der Waals surface area (Å²) in [7, 11) is 0. The van der Waals surface area contributed by atoms with Crippen molar-refractivity contribution in [3.63, 3.8) is 0 Å². The molecular formula is C18H15BrO3. The first-order chi connectivity index (χ1) is 10.7. The number of carbonyl (C=O) groups is 1. The molecule has 0 amide bonds. The highest BCUT2D eigenvalue weighted by Gasteiger charge is 2.16. The van der Waals surface area contributed by atoms with Crippen LogP contribution in [0.25, 0.3) is 6.08 Å². The number of ketones is 1. The number of hydrogen-bond donors (Lipinski definition) is 0. The Labute approximate surface area is 137 Å². The summed E-state index contributed by atoms with van der Waals surface area (Å²) in [6, 6.07) is 13.3. The quantitative estimate of drug-likeness (QED) is 0.598. The minimum Gasteiger partial charge on any atom is -0.490 e. The number of fused-ring (bicyclic) bond motifs is 1. The molecular weight excluding hydrogens is 344 g/mol. The van der Waals surface area contributed by atoms with Gasteiger partial charge in [-0.05, 0) is 39.7 Å². The SMILES string of the molecule is O=C(/C=C/c1ccccc1)c1cc2c(cc1Br)OCCCO2. The maximum absolute atomic E-state index is 12.4. The number of benzene rings is 2. The first-order valence-electron chi connectivity index (χ1n) is 7.10. The predicted molar refractivity (Wildman–Crippen MR) is 89.6 cm³/mol. The topological polar surface area (TPSA) is 35.5 Å². The lowest BCUT2D eigenvalue weighted by atomic mass is 10.1. The van der Waals surface area contributed by atoms with E-state index < -0.39 is 0 Å². The molecule has 0 saturated carbocycles. The molecule has 0 bridgehead atoms. The zero-order chi connectivity index (χ0) is 15.4. The summed E-state index contributed by atoms with van der Waals surface area (Å²) in [5.74, 6) is 1.22. The van der Waals surface area contributed by atoms with E-state index in [-0.39, 0.29) is 5.78 Å². The Morgan fingerprint density at radius 2 is 1.73 bits per heavy atom. The van der Waals surface area contributed by atoms with E-state index in [1.807, 2.05) is 30.3 Å². The van der Waals surface area contributed by atoms with Crippen LogP contribution in [-0.4, -0.2) is 19.0 Å². The molecule has 112 valence electrons. The minimum atomic E-state index is -0.0774. The van der Waals surface area contributed by atoms with Crippen LogP contribution < -0.4 is 9.47 Å². The standard InChI is InChI=1S/C18H15BrO3/c19-15-12-18-17(21-9-4-10-22-18)11-14(15)16(20)8-7-13-5-2-1-3-6-13/h1-3,5-8,11-12H,4,9-10H2/b8-7+. The number of hydrogen-bond acceptors (Lipinski definition) is 3. The fourth-order valence-corrected chi connectivity index (χ4v) is 2.72. The number of ether oxygens (including phenoxy) is 2. The summed E-state index contributed by atoms with van der Waals surface area (Å²) in [4.78, 5) is 12.4. The first-order valence-corrected chi connectivity index (χ1v) is 7.90. The van der Waals surface area contributed by atoms with Crippen LogP contribution >= 0.6 is 15.9 Å². The van der Waals surface area contributed by atoms with Crippen molar-refractivity contribution in [2.45, 2.75) is 6.42 Å². The number of halogens is 1. The zero-order valence-corrected chi connectivity index (χ0v) is 13.5. The molecule has 1 heterocycles. The van der Waals surface area contributed by atoms with E-state index in [0.717, 1.165) is 12.0 Å². The molecule has 2 aromatic carbocycles. The van der Waals surface area contributed by atoms with Gasteiger partial charge >= 0.3 is 0 Å². The number of carbonyl (C=O) groups excluding carboxylic acids is 1. The van der Waals surface area contributed by atoms with Gasteiger partial charge in [-0.1, -0.05) is 36.4 Å². The molecule has 0 unspecified atom stereocenters. The summed E-state index contributed by atoms with van der Waals surface area (Å²) in [5.41, 5.74) is 1.55. The molecule has 0 aromatic heterocycles. The molecule has 1 aliphatic heterocycles. The molecule has 22 heavy (non-hydrogen) atoms. The van der Waals surface area contributed by atoms with Crippen molar-refractivity contribution in [1.82, 2.24) is 0 Å². The monoisotopic (exact) mass is 358 g/mol. The number of allylic oxidation sites excluding steroid dienone is 1. The lowest BCUT2D eigenvalue weighted by molar-refractivity contribution is 0.104. The second kappa shape index (κ2) is 6.79. The van der Waals surface area contributed by atoms with Gasteiger partial charge in [-0.2, -0.15) is 0 Å². The number of rotatable bonds is 3. The summed E-state index contributed by atoms with van der Waals surface area (Å²) in [5, 5.41) is 0. The second-order valence-electron chi connectivity index (χ2n) is 4.94. The van der Waals surface area contributed by atoms with Crippen LogP contribution in [0.1, 0.15) is 22.3 Å². The molecule has 2 aromatic rings. The fourth-order valence-electron chi connectivity index (χ4n) is 2.20. The van der Waals surface area contributed by atoms with E-state index >= 15 is 0 Å². The normalized spacial score (nSPS) is 13.9. The van der Waals surface area contributed by atoms with Gasteiger partial charge in [0.25, 0.3) is 0 Å². The Morgan fingerprint density at radius 1 is 1.05 bits per heavy atom. The summed E-state index contributed by atoms with van der Waals surface area (Å²) in [6.45, 7) is 1.22. The van der Waals surface area contributed by atoms with E-state index in [2.05, 4.69) is 15.9 Å². The van der Waals surface area contributed by atoms with E-state index in [9.17, 15) is 4.79 Å². The fraction of sp³-hybridized carbons (Fsp3) is 0.167. The van der Waals surface area contributed by atoms with Crippen LogP contribution in [0.3, 0.4) is 0 Å². The molecule has 0 spiro atoms. The molecule has 1 aliphatic rings. The Hall–Kier alpha value is -2.07. The van der Waals surface area contributed by atoms with Crippen LogP contribution in [0.2, 0.25) is 0 Å². The van der Waals surface area contributed by atoms with Gasteiger partial charge in [0.15, 0.2) is 17.3 Å². The van der Waals surface area contributed by atoms with Crippen molar-refractivity contribution < 1.29 is 14.3 Å². The molecule has 0 aliphatic carbocycles. The van der Waals surface area contributed by atoms with Crippen LogP contribution in [0.4, 0.5) is 0 Å². The summed E-state index contributed by atoms with van der Waals surface area (Å²) >= 11 is 3.44. The van der Waals surface area contributed by atoms with Gasteiger partial charge in [-0.3, -0.25) is 4.79 Å². The molecule has 0 fully saturated rings. The van der Waals surface area contributed by atoms with Gasteiger partial charge in [0, 0.05) is 16.5 Å². The van der Waals surface area contributed by atoms with Crippen LogP contribution in [-0.2, 0) is 0 Å². The average Bonchev–Trinajstić information content (AvgIpc) is 2.77. The van der Waals surface area contributed by atoms with Crippen molar-refractivity contribution in [3.05, 3.63) is 64.1 Å². The molecule has 4 heteroatoms. The third kappa shape index (κ3) is 3.39. The molecule has 0 radical (unpaired) electrons. The van der Waals surface area contributed by atoms with Gasteiger partial charge in [-0.25, -0.2) is 0 Å². The predicted octanol–water partition coefficient (Wildman–Crippen LogP) is 4.51. The lowest BCUT2D eigenvalue weighted by Gasteiger charge is -2.10. The highest BCUT2D eigenvalue weighted by molar-refractivity contribution is 9.10. The smallest absolute Gasteiger partial charge is 0.187 e. The summed E-state index contributed by atoms with van der Waals surface area (Å²) < 4.78 is 12.0. The van der Waals surface area contributed by atoms with Crippen molar-refractivity contribution in [2.24, 2.45) is 0 Å². The van der Waals surface area contributed by atoms with Gasteiger partial charge in [0.05, 0.1) is 13.2 Å². The van der Waals surface area contributed by atoms with Crippen molar-refractivity contribution in [2.75, 3.05) is 13.2 Å². The largest absolute Gasteiger partial charge is 0.490 e. The Kier molecular flexibility index (Phi) is 4.59. The van der Waals surface area contributed by atoms with Gasteiger partial charge in [0.2, 0.25) is 0 Å². The van der Waals surface area contributed by atoms with Gasteiger partial charge < -0.3 is 9.47 Å². The van der Waals surface area contributed by atoms with Crippen molar-refractivity contribution in [1.29, 1.82) is 0 Å². The Balaban J connectivity index is 1.86. The second-order valence-corrected chi connectivity index (χ2v) is 5.79. The molecule has 0 N–H and O–H groups in total. The van der Waals surface area contributed by atoms with Crippen molar-refractivity contribution >= 4 is 27.8 Å². The lowest BCUT2D eigenvalue weighted by Crippen LogP contribution is -1.99. The minimum absolute atomic E-state index is 0.0774. The third-order valence-electron chi connectivity index (χ3n) is 3.33. The zero-order valence-electron chi connectivity index (χ0n) is 11.9. The Morgan fingerprint density at radius 3 is 2.45 bits per heavy atom. The Bertz CT molecular complexity index is 708. The molecule has 0 atom stereocenters. The van der Waals surface area contributed by atoms with E-state index in [4.69, 9.17) is 9.47 Å². The van der Waals surface area contributed by atoms with E-state index in [0.29, 0.717) is 34.7 Å². The van der Waals surface area contributed by atoms with E-state index in [1.54, 1.807) is 24.3 Å². The van der Waals surface area contributed by atoms with Crippen LogP contribution in [0, 0.1) is 0 Å². The molecule has 0 saturated heterocycles. The maximum Gasteiger partial charge on any atom is 0.187 e. The van der Waals surface area contributed by atoms with Gasteiger partial charge in [-0.15, -0.1) is 0 Å². The van der Waals surface area contributed by atoms with Crippen LogP contribution in [0.15, 0.2) is 53.0 Å². The highest BCUT2D eigenvalue weighted by atomic mass is 79.9. The first kappa shape index (κ1) is 14.9. The maximum atomic E-state index is 12.4. The van der Waals surface area contributed by atoms with Crippen LogP contribution in [0.5, 0.6) is 11.5 Å². The average molecular weight is 359 g/mol. The highest BCUT2D eigenvalue weighted by Crippen LogP contribution is 2.35. The van der Waals surface area contributed by atoms with Gasteiger partial charge in [0.1, 0.15) is 0 Å². The molecule has 3 nitrogen and oxygen atoms in total. The summed E-state index contributed by atoms with van der Waals surface area (Å²) in [6.07, 6.45) is 4.21.